The van der Waals surface area contributed by atoms with Crippen molar-refractivity contribution in [1.29, 1.82) is 0 Å². The van der Waals surface area contributed by atoms with E-state index in [0.29, 0.717) is 40.9 Å². The van der Waals surface area contributed by atoms with E-state index in [2.05, 4.69) is 0 Å². The van der Waals surface area contributed by atoms with Gasteiger partial charge in [0.15, 0.2) is 11.5 Å². The van der Waals surface area contributed by atoms with E-state index in [-0.39, 0.29) is 24.7 Å². The minimum Gasteiger partial charge on any atom is -0.507 e. The molecule has 3 aromatic rings. The number of likely N-dealkylation sites (tertiary alicyclic amines) is 1. The van der Waals surface area contributed by atoms with Crippen molar-refractivity contribution < 1.29 is 28.9 Å². The second-order valence-corrected chi connectivity index (χ2v) is 10.3. The second kappa shape index (κ2) is 10.7. The Kier molecular flexibility index (Phi) is 7.19. The molecule has 8 heteroatoms. The van der Waals surface area contributed by atoms with Gasteiger partial charge in [-0.15, -0.1) is 0 Å². The van der Waals surface area contributed by atoms with Crippen LogP contribution in [0.4, 0.5) is 5.69 Å². The van der Waals surface area contributed by atoms with Crippen LogP contribution in [0.15, 0.2) is 72.3 Å². The molecule has 1 N–H and O–H groups in total. The summed E-state index contributed by atoms with van der Waals surface area (Å²) < 4.78 is 16.7. The minimum atomic E-state index is -0.785. The van der Waals surface area contributed by atoms with E-state index in [1.54, 1.807) is 30.3 Å². The number of amides is 1. The van der Waals surface area contributed by atoms with Gasteiger partial charge >= 0.3 is 0 Å². The van der Waals surface area contributed by atoms with Crippen LogP contribution in [0.2, 0.25) is 0 Å². The maximum absolute atomic E-state index is 13.5. The van der Waals surface area contributed by atoms with E-state index >= 15 is 0 Å². The van der Waals surface area contributed by atoms with Crippen LogP contribution in [0.3, 0.4) is 0 Å². The van der Waals surface area contributed by atoms with Crippen LogP contribution < -0.4 is 19.1 Å². The summed E-state index contributed by atoms with van der Waals surface area (Å²) in [5.74, 6) is 0.485. The van der Waals surface area contributed by atoms with Gasteiger partial charge in [-0.2, -0.15) is 0 Å². The number of Topliss-reactive ketones (excluding diaryl/α,β-unsaturated/α-hetero) is 1. The van der Waals surface area contributed by atoms with Crippen molar-refractivity contribution in [3.8, 4) is 17.2 Å². The molecule has 1 saturated heterocycles. The van der Waals surface area contributed by atoms with Crippen LogP contribution in [-0.2, 0) is 16.1 Å². The van der Waals surface area contributed by atoms with Gasteiger partial charge in [-0.3, -0.25) is 9.59 Å². The summed E-state index contributed by atoms with van der Waals surface area (Å²) in [5, 5.41) is 11.5. The van der Waals surface area contributed by atoms with Crippen LogP contribution >= 0.6 is 0 Å². The van der Waals surface area contributed by atoms with Gasteiger partial charge in [0.05, 0.1) is 18.2 Å². The number of ketones is 1. The lowest BCUT2D eigenvalue weighted by atomic mass is 9.95. The molecule has 1 atom stereocenters. The van der Waals surface area contributed by atoms with E-state index in [4.69, 9.17) is 14.2 Å². The third-order valence-electron chi connectivity index (χ3n) is 6.75. The molecule has 0 radical (unpaired) electrons. The van der Waals surface area contributed by atoms with E-state index in [9.17, 15) is 14.7 Å². The van der Waals surface area contributed by atoms with Gasteiger partial charge in [0.1, 0.15) is 11.5 Å². The Balaban J connectivity index is 1.57. The van der Waals surface area contributed by atoms with Gasteiger partial charge < -0.3 is 29.1 Å². The molecule has 0 aromatic heterocycles. The third-order valence-corrected chi connectivity index (χ3v) is 6.75. The summed E-state index contributed by atoms with van der Waals surface area (Å²) >= 11 is 0. The van der Waals surface area contributed by atoms with Crippen LogP contribution in [0.5, 0.6) is 17.2 Å². The molecule has 0 bridgehead atoms. The summed E-state index contributed by atoms with van der Waals surface area (Å²) in [6.07, 6.45) is 0. The van der Waals surface area contributed by atoms with Gasteiger partial charge in [-0.25, -0.2) is 0 Å². The largest absolute Gasteiger partial charge is 0.507 e. The Morgan fingerprint density at radius 1 is 1.03 bits per heavy atom. The molecule has 0 saturated carbocycles. The fourth-order valence-corrected chi connectivity index (χ4v) is 4.73. The summed E-state index contributed by atoms with van der Waals surface area (Å²) in [4.78, 5) is 30.4. The molecule has 0 spiro atoms. The zero-order valence-electron chi connectivity index (χ0n) is 22.5. The monoisotopic (exact) mass is 528 g/mol. The molecule has 8 nitrogen and oxygen atoms in total. The fraction of sp³-hybridized carbons (Fsp3) is 0.290. The van der Waals surface area contributed by atoms with Crippen LogP contribution in [-0.4, -0.2) is 49.2 Å². The molecular formula is C31H32N2O6. The molecule has 202 valence electrons. The van der Waals surface area contributed by atoms with E-state index in [0.717, 1.165) is 11.3 Å². The number of ether oxygens (including phenoxy) is 3. The predicted molar refractivity (Wildman–Crippen MR) is 148 cm³/mol. The first-order valence-electron chi connectivity index (χ1n) is 12.9. The molecular weight excluding hydrogens is 496 g/mol. The quantitative estimate of drug-likeness (QED) is 0.246. The SMILES string of the molecule is CC(C)COc1cccc(/C(O)=C2\C(=O)C(=O)N(Cc3ccc4c(c3)OCO4)C2c2ccc(N(C)C)cc2)c1. The van der Waals surface area contributed by atoms with Gasteiger partial charge in [0.2, 0.25) is 6.79 Å². The minimum absolute atomic E-state index is 0.0411. The fourth-order valence-electron chi connectivity index (χ4n) is 4.73. The first-order chi connectivity index (χ1) is 18.7. The number of carbonyl (C=O) groups excluding carboxylic acids is 2. The molecule has 39 heavy (non-hydrogen) atoms. The second-order valence-electron chi connectivity index (χ2n) is 10.3. The number of rotatable bonds is 8. The van der Waals surface area contributed by atoms with E-state index < -0.39 is 17.7 Å². The summed E-state index contributed by atoms with van der Waals surface area (Å²) in [6.45, 7) is 4.90. The standard InChI is InChI=1S/C31H32N2O6/c1-19(2)17-37-24-7-5-6-22(15-24)29(34)27-28(21-9-11-23(12-10-21)32(3)4)33(31(36)30(27)35)16-20-8-13-25-26(14-20)39-18-38-25/h5-15,19,28,34H,16-18H2,1-4H3/b29-27+. The highest BCUT2D eigenvalue weighted by molar-refractivity contribution is 6.46. The lowest BCUT2D eigenvalue weighted by Crippen LogP contribution is -2.29. The average molecular weight is 529 g/mol. The van der Waals surface area contributed by atoms with E-state index in [1.807, 2.05) is 69.2 Å². The summed E-state index contributed by atoms with van der Waals surface area (Å²) in [5.41, 5.74) is 2.92. The zero-order valence-corrected chi connectivity index (χ0v) is 22.5. The maximum atomic E-state index is 13.5. The van der Waals surface area contributed by atoms with Gasteiger partial charge in [-0.1, -0.05) is 44.2 Å². The Morgan fingerprint density at radius 2 is 1.77 bits per heavy atom. The number of anilines is 1. The molecule has 2 aliphatic rings. The van der Waals surface area contributed by atoms with Crippen molar-refractivity contribution in [2.24, 2.45) is 5.92 Å². The van der Waals surface area contributed by atoms with Crippen LogP contribution in [0, 0.1) is 5.92 Å². The van der Waals surface area contributed by atoms with Crippen molar-refractivity contribution in [2.75, 3.05) is 32.4 Å². The number of aliphatic hydroxyl groups is 1. The lowest BCUT2D eigenvalue weighted by molar-refractivity contribution is -0.140. The molecule has 1 unspecified atom stereocenters. The van der Waals surface area contributed by atoms with E-state index in [1.165, 1.54) is 4.90 Å². The number of fused-ring (bicyclic) bond motifs is 1. The van der Waals surface area contributed by atoms with Crippen LogP contribution in [0.25, 0.3) is 5.76 Å². The third kappa shape index (κ3) is 5.27. The Bertz CT molecular complexity index is 1430. The molecule has 2 heterocycles. The van der Waals surface area contributed by atoms with Crippen molar-refractivity contribution in [3.63, 3.8) is 0 Å². The highest BCUT2D eigenvalue weighted by Crippen LogP contribution is 2.42. The molecule has 2 aliphatic heterocycles. The Morgan fingerprint density at radius 3 is 2.49 bits per heavy atom. The van der Waals surface area contributed by atoms with Crippen molar-refractivity contribution in [2.45, 2.75) is 26.4 Å². The predicted octanol–water partition coefficient (Wildman–Crippen LogP) is 5.14. The molecule has 3 aromatic carbocycles. The number of nitrogens with zero attached hydrogens (tertiary/aromatic N) is 2. The van der Waals surface area contributed by atoms with Crippen molar-refractivity contribution >= 4 is 23.1 Å². The summed E-state index contributed by atoms with van der Waals surface area (Å²) in [7, 11) is 3.88. The van der Waals surface area contributed by atoms with Crippen molar-refractivity contribution in [1.82, 2.24) is 4.90 Å². The summed E-state index contributed by atoms with van der Waals surface area (Å²) in [6, 6.07) is 19.2. The number of aliphatic hydroxyl groups excluding tert-OH is 1. The molecule has 5 rings (SSSR count). The zero-order chi connectivity index (χ0) is 27.7. The first kappa shape index (κ1) is 26.2. The smallest absolute Gasteiger partial charge is 0.295 e. The Hall–Kier alpha value is -4.46. The highest BCUT2D eigenvalue weighted by Gasteiger charge is 2.46. The molecule has 1 amide bonds. The number of hydrogen-bond donors (Lipinski definition) is 1. The topological polar surface area (TPSA) is 88.5 Å². The lowest BCUT2D eigenvalue weighted by Gasteiger charge is -2.26. The highest BCUT2D eigenvalue weighted by atomic mass is 16.7. The van der Waals surface area contributed by atoms with Gasteiger partial charge in [-0.05, 0) is 53.4 Å². The molecule has 0 aliphatic carbocycles. The normalized spacial score (nSPS) is 17.7. The van der Waals surface area contributed by atoms with Crippen molar-refractivity contribution in [3.05, 3.63) is 89.0 Å². The number of carbonyl (C=O) groups is 2. The number of benzene rings is 3. The Labute approximate surface area is 228 Å². The van der Waals surface area contributed by atoms with Gasteiger partial charge in [0.25, 0.3) is 11.7 Å². The average Bonchev–Trinajstić information content (AvgIpc) is 3.49. The number of hydrogen-bond acceptors (Lipinski definition) is 7. The first-order valence-corrected chi connectivity index (χ1v) is 12.9. The maximum Gasteiger partial charge on any atom is 0.295 e. The van der Waals surface area contributed by atoms with Crippen LogP contribution in [0.1, 0.15) is 36.6 Å². The molecule has 1 fully saturated rings. The van der Waals surface area contributed by atoms with Gasteiger partial charge in [0, 0.05) is 31.9 Å².